The third-order valence-corrected chi connectivity index (χ3v) is 5.17. The number of carbonyl (C=O) groups excluding carboxylic acids is 2. The first-order valence-electron chi connectivity index (χ1n) is 9.47. The largest absolute Gasteiger partial charge is 0.452 e. The number of halogens is 3. The van der Waals surface area contributed by atoms with Crippen LogP contribution in [0.5, 0.6) is 0 Å². The van der Waals surface area contributed by atoms with Gasteiger partial charge in [-0.2, -0.15) is 5.26 Å². The summed E-state index contributed by atoms with van der Waals surface area (Å²) in [4.78, 5) is 24.6. The summed E-state index contributed by atoms with van der Waals surface area (Å²) in [5.41, 5.74) is 2.02. The molecule has 6 nitrogen and oxygen atoms in total. The molecule has 0 bridgehead atoms. The molecule has 2 aromatic carbocycles. The Kier molecular flexibility index (Phi) is 6.91. The molecule has 1 aromatic heterocycles. The number of ether oxygens (including phenoxy) is 1. The minimum atomic E-state index is -1.05. The predicted octanol–water partition coefficient (Wildman–Crippen LogP) is 4.75. The summed E-state index contributed by atoms with van der Waals surface area (Å²) in [6.07, 6.45) is 0. The van der Waals surface area contributed by atoms with Gasteiger partial charge in [-0.15, -0.1) is 0 Å². The van der Waals surface area contributed by atoms with E-state index in [9.17, 15) is 23.6 Å². The molecule has 3 rings (SSSR count). The highest BCUT2D eigenvalue weighted by molar-refractivity contribution is 6.30. The number of anilines is 1. The number of nitrogens with one attached hydrogen (secondary N) is 1. The summed E-state index contributed by atoms with van der Waals surface area (Å²) in [5.74, 6) is -2.74. The molecule has 0 aliphatic carbocycles. The lowest BCUT2D eigenvalue weighted by Gasteiger charge is -2.13. The quantitative estimate of drug-likeness (QED) is 0.541. The van der Waals surface area contributed by atoms with Gasteiger partial charge < -0.3 is 14.6 Å². The fourth-order valence-electron chi connectivity index (χ4n) is 3.13. The lowest BCUT2D eigenvalue weighted by molar-refractivity contribution is -0.119. The van der Waals surface area contributed by atoms with Gasteiger partial charge in [-0.05, 0) is 55.3 Å². The second-order valence-electron chi connectivity index (χ2n) is 7.01. The van der Waals surface area contributed by atoms with Gasteiger partial charge in [0.25, 0.3) is 5.91 Å². The third-order valence-electron chi connectivity index (χ3n) is 4.94. The Morgan fingerprint density at radius 2 is 1.84 bits per heavy atom. The Morgan fingerprint density at radius 1 is 1.16 bits per heavy atom. The van der Waals surface area contributed by atoms with Crippen LogP contribution in [0.15, 0.2) is 42.5 Å². The summed E-state index contributed by atoms with van der Waals surface area (Å²) < 4.78 is 33.6. The van der Waals surface area contributed by atoms with E-state index in [1.54, 1.807) is 30.5 Å². The lowest BCUT2D eigenvalue weighted by Crippen LogP contribution is -2.23. The average molecular weight is 458 g/mol. The van der Waals surface area contributed by atoms with Crippen LogP contribution in [-0.4, -0.2) is 23.1 Å². The first-order valence-corrected chi connectivity index (χ1v) is 9.85. The van der Waals surface area contributed by atoms with E-state index in [0.29, 0.717) is 5.56 Å². The van der Waals surface area contributed by atoms with Crippen molar-refractivity contribution in [1.29, 1.82) is 5.26 Å². The van der Waals surface area contributed by atoms with Gasteiger partial charge in [0, 0.05) is 17.3 Å². The number of hydrogen-bond donors (Lipinski definition) is 1. The van der Waals surface area contributed by atoms with Gasteiger partial charge in [-0.1, -0.05) is 23.7 Å². The molecule has 0 atom stereocenters. The van der Waals surface area contributed by atoms with Gasteiger partial charge >= 0.3 is 5.97 Å². The average Bonchev–Trinajstić information content (AvgIpc) is 2.98. The van der Waals surface area contributed by atoms with Crippen molar-refractivity contribution < 1.29 is 23.1 Å². The number of nitriles is 1. The van der Waals surface area contributed by atoms with Crippen LogP contribution >= 0.6 is 11.6 Å². The highest BCUT2D eigenvalue weighted by Gasteiger charge is 2.21. The molecular weight excluding hydrogens is 440 g/mol. The zero-order valence-electron chi connectivity index (χ0n) is 17.2. The Balaban J connectivity index is 1.78. The van der Waals surface area contributed by atoms with Crippen LogP contribution < -0.4 is 5.32 Å². The first-order chi connectivity index (χ1) is 15.2. The molecule has 1 N–H and O–H groups in total. The fraction of sp³-hybridized carbons (Fsp3) is 0.174. The van der Waals surface area contributed by atoms with Crippen molar-refractivity contribution in [2.45, 2.75) is 20.4 Å². The standard InChI is InChI=1S/C23H18ClF2N3O3/c1-13-14(2)29(11-15-3-6-17(25)7-4-15)22(19(13)10-27)28-21(30)12-32-23(31)18-9-16(24)5-8-20(18)26/h3-9H,11-12H2,1-2H3,(H,28,30). The van der Waals surface area contributed by atoms with E-state index in [2.05, 4.69) is 11.4 Å². The Morgan fingerprint density at radius 3 is 2.50 bits per heavy atom. The molecule has 1 heterocycles. The van der Waals surface area contributed by atoms with E-state index in [-0.39, 0.29) is 28.8 Å². The monoisotopic (exact) mass is 457 g/mol. The van der Waals surface area contributed by atoms with Crippen LogP contribution in [0.3, 0.4) is 0 Å². The van der Waals surface area contributed by atoms with Gasteiger partial charge in [0.2, 0.25) is 0 Å². The third kappa shape index (κ3) is 4.95. The van der Waals surface area contributed by atoms with Crippen molar-refractivity contribution in [2.24, 2.45) is 0 Å². The Labute approximate surface area is 188 Å². The highest BCUT2D eigenvalue weighted by Crippen LogP contribution is 2.27. The van der Waals surface area contributed by atoms with Gasteiger partial charge in [0.15, 0.2) is 6.61 Å². The van der Waals surface area contributed by atoms with E-state index >= 15 is 0 Å². The normalized spacial score (nSPS) is 10.5. The predicted molar refractivity (Wildman–Crippen MR) is 114 cm³/mol. The zero-order chi connectivity index (χ0) is 23.4. The first kappa shape index (κ1) is 23.0. The number of nitrogens with zero attached hydrogens (tertiary/aromatic N) is 2. The number of rotatable bonds is 6. The molecule has 0 aliphatic rings. The molecule has 0 fully saturated rings. The van der Waals surface area contributed by atoms with Crippen LogP contribution in [0.2, 0.25) is 5.02 Å². The maximum absolute atomic E-state index is 13.8. The van der Waals surface area contributed by atoms with Crippen molar-refractivity contribution in [1.82, 2.24) is 4.57 Å². The smallest absolute Gasteiger partial charge is 0.341 e. The molecular formula is C23H18ClF2N3O3. The summed E-state index contributed by atoms with van der Waals surface area (Å²) in [6.45, 7) is 3.11. The van der Waals surface area contributed by atoms with Gasteiger partial charge in [0.05, 0.1) is 11.1 Å². The van der Waals surface area contributed by atoms with Crippen LogP contribution in [0.4, 0.5) is 14.6 Å². The van der Waals surface area contributed by atoms with Crippen LogP contribution in [0, 0.1) is 36.8 Å². The van der Waals surface area contributed by atoms with Gasteiger partial charge in [0.1, 0.15) is 23.5 Å². The van der Waals surface area contributed by atoms with Crippen molar-refractivity contribution in [3.63, 3.8) is 0 Å². The minimum Gasteiger partial charge on any atom is -0.452 e. The number of esters is 1. The minimum absolute atomic E-state index is 0.144. The molecule has 32 heavy (non-hydrogen) atoms. The van der Waals surface area contributed by atoms with Crippen molar-refractivity contribution >= 4 is 29.3 Å². The van der Waals surface area contributed by atoms with Crippen LogP contribution in [-0.2, 0) is 16.1 Å². The highest BCUT2D eigenvalue weighted by atomic mass is 35.5. The molecule has 1 amide bonds. The zero-order valence-corrected chi connectivity index (χ0v) is 18.0. The van der Waals surface area contributed by atoms with Crippen molar-refractivity contribution in [2.75, 3.05) is 11.9 Å². The second-order valence-corrected chi connectivity index (χ2v) is 7.44. The number of carbonyl (C=O) groups is 2. The molecule has 0 spiro atoms. The molecule has 0 saturated carbocycles. The molecule has 164 valence electrons. The van der Waals surface area contributed by atoms with Crippen LogP contribution in [0.1, 0.15) is 32.7 Å². The van der Waals surface area contributed by atoms with Crippen LogP contribution in [0.25, 0.3) is 0 Å². The molecule has 0 aliphatic heterocycles. The lowest BCUT2D eigenvalue weighted by atomic mass is 10.2. The molecule has 0 saturated heterocycles. The van der Waals surface area contributed by atoms with E-state index in [4.69, 9.17) is 16.3 Å². The summed E-state index contributed by atoms with van der Waals surface area (Å²) in [7, 11) is 0. The molecule has 3 aromatic rings. The Bertz CT molecular complexity index is 1230. The SMILES string of the molecule is Cc1c(C#N)c(NC(=O)COC(=O)c2cc(Cl)ccc2F)n(Cc2ccc(F)cc2)c1C. The summed E-state index contributed by atoms with van der Waals surface area (Å²) in [6, 6.07) is 11.3. The maximum atomic E-state index is 13.8. The van der Waals surface area contributed by atoms with Gasteiger partial charge in [-0.3, -0.25) is 4.79 Å². The Hall–Kier alpha value is -3.70. The summed E-state index contributed by atoms with van der Waals surface area (Å²) in [5, 5.41) is 12.3. The van der Waals surface area contributed by atoms with E-state index in [0.717, 1.165) is 23.4 Å². The number of benzene rings is 2. The number of amides is 1. The summed E-state index contributed by atoms with van der Waals surface area (Å²) >= 11 is 5.77. The van der Waals surface area contributed by atoms with Gasteiger partial charge in [-0.25, -0.2) is 13.6 Å². The maximum Gasteiger partial charge on any atom is 0.341 e. The second kappa shape index (κ2) is 9.62. The number of aromatic nitrogens is 1. The molecule has 0 radical (unpaired) electrons. The topological polar surface area (TPSA) is 84.1 Å². The fourth-order valence-corrected chi connectivity index (χ4v) is 3.30. The molecule has 9 heteroatoms. The number of hydrogen-bond acceptors (Lipinski definition) is 4. The van der Waals surface area contributed by atoms with E-state index in [1.165, 1.54) is 18.2 Å². The van der Waals surface area contributed by atoms with Crippen molar-refractivity contribution in [3.8, 4) is 6.07 Å². The molecule has 0 unspecified atom stereocenters. The van der Waals surface area contributed by atoms with Crippen molar-refractivity contribution in [3.05, 3.63) is 87.1 Å². The van der Waals surface area contributed by atoms with E-state index < -0.39 is 29.9 Å². The van der Waals surface area contributed by atoms with E-state index in [1.807, 2.05) is 0 Å².